The van der Waals surface area contributed by atoms with E-state index in [9.17, 15) is 4.79 Å². The number of aromatic nitrogens is 1. The van der Waals surface area contributed by atoms with E-state index in [2.05, 4.69) is 15.6 Å². The Labute approximate surface area is 98.9 Å². The van der Waals surface area contributed by atoms with E-state index in [1.54, 1.807) is 11.3 Å². The van der Waals surface area contributed by atoms with Gasteiger partial charge < -0.3 is 10.6 Å². The molecule has 1 aliphatic rings. The largest absolute Gasteiger partial charge is 0.355 e. The first-order valence-corrected chi connectivity index (χ1v) is 5.66. The second kappa shape index (κ2) is 6.05. The lowest BCUT2D eigenvalue weighted by Gasteiger charge is -2.25. The third-order valence-electron chi connectivity index (χ3n) is 2.32. The third kappa shape index (κ3) is 3.44. The van der Waals surface area contributed by atoms with Gasteiger partial charge in [0.05, 0.1) is 17.1 Å². The molecule has 1 aliphatic heterocycles. The van der Waals surface area contributed by atoms with Crippen LogP contribution in [0.15, 0.2) is 10.9 Å². The highest BCUT2D eigenvalue weighted by Crippen LogP contribution is 2.03. The monoisotopic (exact) mass is 247 g/mol. The van der Waals surface area contributed by atoms with Crippen molar-refractivity contribution in [2.24, 2.45) is 5.92 Å². The van der Waals surface area contributed by atoms with Crippen LogP contribution in [0.3, 0.4) is 0 Å². The summed E-state index contributed by atoms with van der Waals surface area (Å²) >= 11 is 1.59. The van der Waals surface area contributed by atoms with Crippen molar-refractivity contribution >= 4 is 29.7 Å². The van der Waals surface area contributed by atoms with Gasteiger partial charge in [0.15, 0.2) is 0 Å². The van der Waals surface area contributed by atoms with Crippen LogP contribution in [0.5, 0.6) is 0 Å². The first-order valence-electron chi connectivity index (χ1n) is 4.72. The third-order valence-corrected chi connectivity index (χ3v) is 2.95. The average Bonchev–Trinajstić information content (AvgIpc) is 2.53. The number of thiazole rings is 1. The zero-order valence-corrected chi connectivity index (χ0v) is 9.87. The van der Waals surface area contributed by atoms with Crippen LogP contribution in [0, 0.1) is 5.92 Å². The first-order chi connectivity index (χ1) is 6.86. The van der Waals surface area contributed by atoms with Crippen LogP contribution in [-0.2, 0) is 11.2 Å². The van der Waals surface area contributed by atoms with Gasteiger partial charge in [-0.2, -0.15) is 0 Å². The van der Waals surface area contributed by atoms with Crippen LogP contribution in [0.1, 0.15) is 5.69 Å². The summed E-state index contributed by atoms with van der Waals surface area (Å²) in [5.41, 5.74) is 2.87. The fourth-order valence-corrected chi connectivity index (χ4v) is 1.89. The molecule has 2 N–H and O–H groups in total. The number of carbonyl (C=O) groups is 1. The smallest absolute Gasteiger partial charge is 0.225 e. The highest BCUT2D eigenvalue weighted by Gasteiger charge is 2.23. The van der Waals surface area contributed by atoms with E-state index in [1.165, 1.54) is 0 Å². The number of halogens is 1. The van der Waals surface area contributed by atoms with Crippen molar-refractivity contribution in [2.75, 3.05) is 19.6 Å². The van der Waals surface area contributed by atoms with Crippen molar-refractivity contribution in [1.82, 2.24) is 15.6 Å². The molecular formula is C9H14ClN3OS. The van der Waals surface area contributed by atoms with Crippen LogP contribution >= 0.6 is 23.7 Å². The van der Waals surface area contributed by atoms with Gasteiger partial charge in [-0.3, -0.25) is 4.79 Å². The normalized spacial score (nSPS) is 15.2. The molecule has 0 unspecified atom stereocenters. The summed E-state index contributed by atoms with van der Waals surface area (Å²) < 4.78 is 0. The number of hydrogen-bond donors (Lipinski definition) is 2. The van der Waals surface area contributed by atoms with Crippen LogP contribution in [0.25, 0.3) is 0 Å². The molecule has 0 aromatic carbocycles. The molecule has 0 spiro atoms. The van der Waals surface area contributed by atoms with Gasteiger partial charge in [-0.15, -0.1) is 23.7 Å². The lowest BCUT2D eigenvalue weighted by atomic mass is 10.0. The van der Waals surface area contributed by atoms with Crippen LogP contribution in [0.2, 0.25) is 0 Å². The Hall–Kier alpha value is -0.650. The molecule has 0 atom stereocenters. The van der Waals surface area contributed by atoms with Gasteiger partial charge in [0.2, 0.25) is 5.91 Å². The summed E-state index contributed by atoms with van der Waals surface area (Å²) in [7, 11) is 0. The van der Waals surface area contributed by atoms with Gasteiger partial charge in [0.1, 0.15) is 0 Å². The molecule has 84 valence electrons. The number of rotatable bonds is 4. The molecule has 0 aliphatic carbocycles. The number of nitrogens with one attached hydrogen (secondary N) is 2. The molecule has 1 aromatic rings. The summed E-state index contributed by atoms with van der Waals surface area (Å²) in [5, 5.41) is 7.99. The fourth-order valence-electron chi connectivity index (χ4n) is 1.29. The molecular weight excluding hydrogens is 234 g/mol. The van der Waals surface area contributed by atoms with Crippen LogP contribution in [-0.4, -0.2) is 30.5 Å². The zero-order chi connectivity index (χ0) is 9.80. The minimum Gasteiger partial charge on any atom is -0.355 e. The van der Waals surface area contributed by atoms with Crippen molar-refractivity contribution in [2.45, 2.75) is 6.42 Å². The maximum atomic E-state index is 11.4. The van der Waals surface area contributed by atoms with E-state index < -0.39 is 0 Å². The Balaban J connectivity index is 0.00000112. The van der Waals surface area contributed by atoms with Crippen molar-refractivity contribution in [1.29, 1.82) is 0 Å². The molecule has 1 aromatic heterocycles. The van der Waals surface area contributed by atoms with E-state index in [1.807, 2.05) is 10.9 Å². The lowest BCUT2D eigenvalue weighted by Crippen LogP contribution is -2.51. The summed E-state index contributed by atoms with van der Waals surface area (Å²) in [5.74, 6) is 0.351. The minimum absolute atomic E-state index is 0. The second-order valence-electron chi connectivity index (χ2n) is 3.38. The molecule has 2 heterocycles. The first kappa shape index (κ1) is 12.4. The van der Waals surface area contributed by atoms with E-state index in [0.717, 1.165) is 25.2 Å². The number of nitrogens with zero attached hydrogens (tertiary/aromatic N) is 1. The zero-order valence-electron chi connectivity index (χ0n) is 8.23. The van der Waals surface area contributed by atoms with E-state index in [0.29, 0.717) is 6.54 Å². The second-order valence-corrected chi connectivity index (χ2v) is 4.09. The van der Waals surface area contributed by atoms with E-state index in [-0.39, 0.29) is 24.2 Å². The standard InChI is InChI=1S/C9H13N3OS.ClH/c13-9(7-3-10-4-7)11-2-1-8-5-14-6-12-8;/h5-7,10H,1-4H2,(H,11,13);1H. The summed E-state index contributed by atoms with van der Waals surface area (Å²) in [4.78, 5) is 15.5. The molecule has 2 rings (SSSR count). The molecule has 1 saturated heterocycles. The Bertz CT molecular complexity index is 300. The molecule has 1 amide bonds. The molecule has 0 bridgehead atoms. The maximum Gasteiger partial charge on any atom is 0.225 e. The predicted molar refractivity (Wildman–Crippen MR) is 62.4 cm³/mol. The van der Waals surface area contributed by atoms with Crippen molar-refractivity contribution < 1.29 is 4.79 Å². The van der Waals surface area contributed by atoms with Crippen LogP contribution in [0.4, 0.5) is 0 Å². The maximum absolute atomic E-state index is 11.4. The van der Waals surface area contributed by atoms with Gasteiger partial charge in [-0.25, -0.2) is 4.98 Å². The quantitative estimate of drug-likeness (QED) is 0.812. The Kier molecular flexibility index (Phi) is 5.01. The van der Waals surface area contributed by atoms with Crippen molar-refractivity contribution in [3.8, 4) is 0 Å². The Morgan fingerprint density at radius 2 is 2.47 bits per heavy atom. The SMILES string of the molecule is Cl.O=C(NCCc1cscn1)C1CNC1. The fraction of sp³-hybridized carbons (Fsp3) is 0.556. The predicted octanol–water partition coefficient (Wildman–Crippen LogP) is 0.443. The van der Waals surface area contributed by atoms with Gasteiger partial charge in [0.25, 0.3) is 0 Å². The Morgan fingerprint density at radius 3 is 3.00 bits per heavy atom. The molecule has 0 saturated carbocycles. The molecule has 4 nitrogen and oxygen atoms in total. The molecule has 1 fully saturated rings. The highest BCUT2D eigenvalue weighted by molar-refractivity contribution is 7.07. The van der Waals surface area contributed by atoms with Crippen molar-refractivity contribution in [3.05, 3.63) is 16.6 Å². The average molecular weight is 248 g/mol. The molecule has 0 radical (unpaired) electrons. The molecule has 15 heavy (non-hydrogen) atoms. The van der Waals surface area contributed by atoms with Gasteiger partial charge in [-0.1, -0.05) is 0 Å². The summed E-state index contributed by atoms with van der Waals surface area (Å²) in [6.45, 7) is 2.34. The highest BCUT2D eigenvalue weighted by atomic mass is 35.5. The van der Waals surface area contributed by atoms with E-state index in [4.69, 9.17) is 0 Å². The number of amides is 1. The van der Waals surface area contributed by atoms with Crippen LogP contribution < -0.4 is 10.6 Å². The number of hydrogen-bond acceptors (Lipinski definition) is 4. The molecule has 6 heteroatoms. The van der Waals surface area contributed by atoms with Gasteiger partial charge in [0, 0.05) is 31.4 Å². The lowest BCUT2D eigenvalue weighted by molar-refractivity contribution is -0.126. The van der Waals surface area contributed by atoms with Crippen molar-refractivity contribution in [3.63, 3.8) is 0 Å². The minimum atomic E-state index is 0. The topological polar surface area (TPSA) is 54.0 Å². The van der Waals surface area contributed by atoms with Gasteiger partial charge >= 0.3 is 0 Å². The van der Waals surface area contributed by atoms with E-state index >= 15 is 0 Å². The summed E-state index contributed by atoms with van der Waals surface area (Å²) in [6.07, 6.45) is 0.829. The summed E-state index contributed by atoms with van der Waals surface area (Å²) in [6, 6.07) is 0. The van der Waals surface area contributed by atoms with Gasteiger partial charge in [-0.05, 0) is 0 Å². The number of carbonyl (C=O) groups excluding carboxylic acids is 1. The Morgan fingerprint density at radius 1 is 1.67 bits per heavy atom.